The van der Waals surface area contributed by atoms with Crippen LogP contribution in [0.3, 0.4) is 0 Å². The minimum Gasteiger partial charge on any atom is -0.318 e. The second-order valence-electron chi connectivity index (χ2n) is 3.53. The first-order valence-corrected chi connectivity index (χ1v) is 4.96. The molecule has 0 amide bonds. The van der Waals surface area contributed by atoms with Gasteiger partial charge in [-0.25, -0.2) is 4.98 Å². The Balaban J connectivity index is 2.29. The lowest BCUT2D eigenvalue weighted by Crippen LogP contribution is -2.02. The summed E-state index contributed by atoms with van der Waals surface area (Å²) in [4.78, 5) is 13.5. The maximum absolute atomic E-state index is 13.4. The predicted octanol–water partition coefficient (Wildman–Crippen LogP) is 1.85. The molecule has 1 heterocycles. The zero-order valence-corrected chi connectivity index (χ0v) is 9.08. The highest BCUT2D eigenvalue weighted by molar-refractivity contribution is 5.35. The maximum atomic E-state index is 13.4. The molecule has 6 nitrogen and oxygen atoms in total. The van der Waals surface area contributed by atoms with Gasteiger partial charge in [0.25, 0.3) is 0 Å². The average Bonchev–Trinajstić information content (AvgIpc) is 2.76. The molecule has 18 heavy (non-hydrogen) atoms. The number of aromatic nitrogens is 2. The van der Waals surface area contributed by atoms with E-state index < -0.39 is 16.4 Å². The van der Waals surface area contributed by atoms with Crippen LogP contribution in [0, 0.1) is 27.3 Å². The molecule has 1 aromatic heterocycles. The number of nitrogens with zero attached hydrogens (tertiary/aromatic N) is 4. The summed E-state index contributed by atoms with van der Waals surface area (Å²) in [6.45, 7) is 0.234. The van der Waals surface area contributed by atoms with Crippen molar-refractivity contribution >= 4 is 5.69 Å². The van der Waals surface area contributed by atoms with Crippen LogP contribution >= 0.6 is 0 Å². The van der Waals surface area contributed by atoms with Gasteiger partial charge in [0.1, 0.15) is 6.07 Å². The fourth-order valence-corrected chi connectivity index (χ4v) is 1.54. The summed E-state index contributed by atoms with van der Waals surface area (Å²) in [6.07, 6.45) is 3.04. The maximum Gasteiger partial charge on any atom is 0.304 e. The quantitative estimate of drug-likeness (QED) is 0.611. The molecule has 0 aliphatic carbocycles. The van der Waals surface area contributed by atoms with Crippen molar-refractivity contribution in [1.82, 2.24) is 9.55 Å². The molecule has 0 aliphatic heterocycles. The number of benzene rings is 1. The van der Waals surface area contributed by atoms with Gasteiger partial charge in [-0.1, -0.05) is 6.07 Å². The van der Waals surface area contributed by atoms with Gasteiger partial charge in [-0.3, -0.25) is 10.1 Å². The number of nitro benzene ring substituents is 1. The highest BCUT2D eigenvalue weighted by Crippen LogP contribution is 2.18. The molecule has 0 aliphatic rings. The Morgan fingerprint density at radius 3 is 2.94 bits per heavy atom. The van der Waals surface area contributed by atoms with Crippen LogP contribution in [0.25, 0.3) is 0 Å². The van der Waals surface area contributed by atoms with E-state index in [4.69, 9.17) is 5.26 Å². The summed E-state index contributed by atoms with van der Waals surface area (Å²) in [5.74, 6) is -0.690. The third kappa shape index (κ3) is 2.17. The molecule has 90 valence electrons. The van der Waals surface area contributed by atoms with E-state index in [-0.39, 0.29) is 12.4 Å². The van der Waals surface area contributed by atoms with Crippen LogP contribution in [0.5, 0.6) is 0 Å². The Morgan fingerprint density at radius 1 is 1.56 bits per heavy atom. The number of halogens is 1. The smallest absolute Gasteiger partial charge is 0.304 e. The first-order chi connectivity index (χ1) is 8.61. The van der Waals surface area contributed by atoms with Gasteiger partial charge in [0.15, 0.2) is 0 Å². The van der Waals surface area contributed by atoms with E-state index in [0.717, 1.165) is 12.1 Å². The Hall–Kier alpha value is -2.75. The molecule has 0 bridgehead atoms. The SMILES string of the molecule is N#Cc1nccn1Cc1ccc([N+](=O)[O-])c(F)c1. The Morgan fingerprint density at radius 2 is 2.33 bits per heavy atom. The molecule has 0 N–H and O–H groups in total. The minimum atomic E-state index is -0.892. The number of hydrogen-bond donors (Lipinski definition) is 0. The molecule has 0 unspecified atom stereocenters. The minimum absolute atomic E-state index is 0.203. The standard InChI is InChI=1S/C11H7FN4O2/c12-9-5-8(1-2-10(9)16(17)18)7-15-4-3-14-11(15)6-13/h1-5H,7H2. The summed E-state index contributed by atoms with van der Waals surface area (Å²) in [7, 11) is 0. The van der Waals surface area contributed by atoms with Crippen molar-refractivity contribution in [3.8, 4) is 6.07 Å². The molecule has 7 heteroatoms. The highest BCUT2D eigenvalue weighted by Gasteiger charge is 2.14. The first kappa shape index (κ1) is 11.7. The summed E-state index contributed by atoms with van der Waals surface area (Å²) in [6, 6.07) is 5.52. The van der Waals surface area contributed by atoms with Crippen molar-refractivity contribution in [3.05, 3.63) is 57.9 Å². The van der Waals surface area contributed by atoms with E-state index >= 15 is 0 Å². The molecule has 0 saturated heterocycles. The summed E-state index contributed by atoms with van der Waals surface area (Å²) < 4.78 is 14.9. The number of nitriles is 1. The van der Waals surface area contributed by atoms with Crippen LogP contribution in [0.2, 0.25) is 0 Å². The summed E-state index contributed by atoms with van der Waals surface area (Å²) in [5.41, 5.74) is -0.0440. The van der Waals surface area contributed by atoms with E-state index in [0.29, 0.717) is 5.56 Å². The fraction of sp³-hybridized carbons (Fsp3) is 0.0909. The third-order valence-corrected chi connectivity index (χ3v) is 2.38. The first-order valence-electron chi connectivity index (χ1n) is 4.96. The van der Waals surface area contributed by atoms with Crippen molar-refractivity contribution in [3.63, 3.8) is 0 Å². The van der Waals surface area contributed by atoms with E-state index in [1.54, 1.807) is 6.20 Å². The van der Waals surface area contributed by atoms with Crippen LogP contribution in [-0.2, 0) is 6.54 Å². The second-order valence-corrected chi connectivity index (χ2v) is 3.53. The lowest BCUT2D eigenvalue weighted by Gasteiger charge is -2.04. The Kier molecular flexibility index (Phi) is 3.02. The Labute approximate surface area is 101 Å². The van der Waals surface area contributed by atoms with Gasteiger partial charge in [-0.2, -0.15) is 9.65 Å². The summed E-state index contributed by atoms with van der Waals surface area (Å²) >= 11 is 0. The number of imidazole rings is 1. The lowest BCUT2D eigenvalue weighted by atomic mass is 10.2. The van der Waals surface area contributed by atoms with Gasteiger partial charge in [-0.15, -0.1) is 0 Å². The molecule has 2 rings (SSSR count). The number of nitro groups is 1. The second kappa shape index (κ2) is 4.63. The van der Waals surface area contributed by atoms with Crippen molar-refractivity contribution < 1.29 is 9.31 Å². The van der Waals surface area contributed by atoms with Crippen LogP contribution < -0.4 is 0 Å². The van der Waals surface area contributed by atoms with Gasteiger partial charge in [0.05, 0.1) is 4.92 Å². The van der Waals surface area contributed by atoms with Crippen molar-refractivity contribution in [2.75, 3.05) is 0 Å². The predicted molar refractivity (Wildman–Crippen MR) is 59.1 cm³/mol. The average molecular weight is 246 g/mol. The van der Waals surface area contributed by atoms with Crippen molar-refractivity contribution in [2.45, 2.75) is 6.54 Å². The van der Waals surface area contributed by atoms with E-state index in [2.05, 4.69) is 4.98 Å². The molecule has 1 aromatic carbocycles. The van der Waals surface area contributed by atoms with Crippen molar-refractivity contribution in [2.24, 2.45) is 0 Å². The summed E-state index contributed by atoms with van der Waals surface area (Å²) in [5, 5.41) is 19.2. The molecular formula is C11H7FN4O2. The molecule has 0 radical (unpaired) electrons. The van der Waals surface area contributed by atoms with Crippen LogP contribution in [-0.4, -0.2) is 14.5 Å². The van der Waals surface area contributed by atoms with E-state index in [1.807, 2.05) is 6.07 Å². The van der Waals surface area contributed by atoms with Gasteiger partial charge >= 0.3 is 5.69 Å². The largest absolute Gasteiger partial charge is 0.318 e. The van der Waals surface area contributed by atoms with Crippen molar-refractivity contribution in [1.29, 1.82) is 5.26 Å². The zero-order chi connectivity index (χ0) is 13.1. The zero-order valence-electron chi connectivity index (χ0n) is 9.08. The lowest BCUT2D eigenvalue weighted by molar-refractivity contribution is -0.387. The normalized spacial score (nSPS) is 10.0. The van der Waals surface area contributed by atoms with Crippen LogP contribution in [0.1, 0.15) is 11.4 Å². The molecule has 0 spiro atoms. The topological polar surface area (TPSA) is 84.8 Å². The van der Waals surface area contributed by atoms with Crippen LogP contribution in [0.4, 0.5) is 10.1 Å². The molecular weight excluding hydrogens is 239 g/mol. The number of rotatable bonds is 3. The van der Waals surface area contributed by atoms with Gasteiger partial charge < -0.3 is 4.57 Å². The molecule has 2 aromatic rings. The Bertz CT molecular complexity index is 645. The van der Waals surface area contributed by atoms with Gasteiger partial charge in [-0.05, 0) is 11.6 Å². The van der Waals surface area contributed by atoms with Gasteiger partial charge in [0, 0.05) is 25.0 Å². The highest BCUT2D eigenvalue weighted by atomic mass is 19.1. The molecule has 0 saturated carbocycles. The third-order valence-electron chi connectivity index (χ3n) is 2.38. The number of hydrogen-bond acceptors (Lipinski definition) is 4. The monoisotopic (exact) mass is 246 g/mol. The van der Waals surface area contributed by atoms with E-state index in [1.165, 1.54) is 16.8 Å². The van der Waals surface area contributed by atoms with E-state index in [9.17, 15) is 14.5 Å². The van der Waals surface area contributed by atoms with Gasteiger partial charge in [0.2, 0.25) is 11.6 Å². The fourth-order valence-electron chi connectivity index (χ4n) is 1.54. The molecule has 0 atom stereocenters. The van der Waals surface area contributed by atoms with Crippen LogP contribution in [0.15, 0.2) is 30.6 Å². The molecule has 0 fully saturated rings.